The van der Waals surface area contributed by atoms with Crippen LogP contribution in [0.1, 0.15) is 44.2 Å². The first-order valence-electron chi connectivity index (χ1n) is 8.13. The lowest BCUT2D eigenvalue weighted by atomic mass is 9.89. The number of alkyl carbamates (subject to hydrolysis) is 1. The Morgan fingerprint density at radius 2 is 1.96 bits per heavy atom. The van der Waals surface area contributed by atoms with Gasteiger partial charge < -0.3 is 24.3 Å². The Balaban J connectivity index is 1.52. The maximum absolute atomic E-state index is 11.7. The monoisotopic (exact) mass is 347 g/mol. The smallest absolute Gasteiger partial charge is 0.407 e. The van der Waals surface area contributed by atoms with Crippen molar-refractivity contribution in [2.75, 3.05) is 0 Å². The molecule has 2 N–H and O–H groups in total. The van der Waals surface area contributed by atoms with E-state index in [-0.39, 0.29) is 17.9 Å². The molecule has 1 aliphatic carbocycles. The van der Waals surface area contributed by atoms with Crippen molar-refractivity contribution in [2.24, 2.45) is 0 Å². The lowest BCUT2D eigenvalue weighted by molar-refractivity contribution is 0.0362. The van der Waals surface area contributed by atoms with E-state index < -0.39 is 17.7 Å². The van der Waals surface area contributed by atoms with Gasteiger partial charge >= 0.3 is 12.1 Å². The summed E-state index contributed by atoms with van der Waals surface area (Å²) in [6.45, 7) is 5.46. The van der Waals surface area contributed by atoms with E-state index in [9.17, 15) is 9.59 Å². The molecule has 1 aliphatic rings. The van der Waals surface area contributed by atoms with Crippen LogP contribution in [0, 0.1) is 0 Å². The Kier molecular flexibility index (Phi) is 4.32. The van der Waals surface area contributed by atoms with Crippen molar-refractivity contribution in [1.82, 2.24) is 5.32 Å². The number of ether oxygens (including phenoxy) is 2. The van der Waals surface area contributed by atoms with Gasteiger partial charge in [0.05, 0.1) is 0 Å². The summed E-state index contributed by atoms with van der Waals surface area (Å²) in [4.78, 5) is 22.6. The normalized spacial score (nSPS) is 20.0. The molecule has 2 aromatic rings. The number of hydrogen-bond acceptors (Lipinski definition) is 5. The van der Waals surface area contributed by atoms with Crippen molar-refractivity contribution in [3.8, 4) is 5.75 Å². The Morgan fingerprint density at radius 3 is 2.60 bits per heavy atom. The first-order chi connectivity index (χ1) is 11.7. The minimum absolute atomic E-state index is 0.00299. The van der Waals surface area contributed by atoms with E-state index in [1.54, 1.807) is 18.2 Å². The molecule has 0 atom stereocenters. The molecule has 0 radical (unpaired) electrons. The average molecular weight is 347 g/mol. The lowest BCUT2D eigenvalue weighted by Gasteiger charge is -2.36. The van der Waals surface area contributed by atoms with E-state index in [0.717, 1.165) is 0 Å². The van der Waals surface area contributed by atoms with Gasteiger partial charge in [-0.15, -0.1) is 0 Å². The highest BCUT2D eigenvalue weighted by atomic mass is 16.6. The van der Waals surface area contributed by atoms with Crippen LogP contribution in [0.3, 0.4) is 0 Å². The molecule has 0 bridgehead atoms. The van der Waals surface area contributed by atoms with Gasteiger partial charge in [0, 0.05) is 24.3 Å². The molecule has 1 heterocycles. The van der Waals surface area contributed by atoms with Crippen molar-refractivity contribution in [2.45, 2.75) is 51.4 Å². The van der Waals surface area contributed by atoms with Gasteiger partial charge in [-0.1, -0.05) is 0 Å². The Hall–Kier alpha value is -2.70. The summed E-state index contributed by atoms with van der Waals surface area (Å²) in [7, 11) is 0. The fourth-order valence-electron chi connectivity index (χ4n) is 2.65. The van der Waals surface area contributed by atoms with Gasteiger partial charge in [-0.05, 0) is 45.0 Å². The van der Waals surface area contributed by atoms with Gasteiger partial charge in [0.1, 0.15) is 23.0 Å². The summed E-state index contributed by atoms with van der Waals surface area (Å²) >= 11 is 0. The topological polar surface area (TPSA) is 98.0 Å². The number of carboxylic acid groups (broad SMARTS) is 1. The Labute approximate surface area is 144 Å². The number of amides is 1. The molecule has 1 amide bonds. The number of carbonyl (C=O) groups is 2. The third kappa shape index (κ3) is 4.23. The second-order valence-electron chi connectivity index (χ2n) is 7.17. The summed E-state index contributed by atoms with van der Waals surface area (Å²) in [5.41, 5.74) is -0.0127. The van der Waals surface area contributed by atoms with Gasteiger partial charge in [-0.25, -0.2) is 9.59 Å². The van der Waals surface area contributed by atoms with Gasteiger partial charge in [0.25, 0.3) is 0 Å². The molecule has 7 heteroatoms. The zero-order chi connectivity index (χ0) is 18.2. The molecule has 1 aromatic heterocycles. The Bertz CT molecular complexity index is 797. The van der Waals surface area contributed by atoms with Crippen LogP contribution in [-0.4, -0.2) is 34.9 Å². The second-order valence-corrected chi connectivity index (χ2v) is 7.17. The van der Waals surface area contributed by atoms with E-state index in [4.69, 9.17) is 19.0 Å². The molecule has 1 aromatic carbocycles. The van der Waals surface area contributed by atoms with Crippen LogP contribution in [-0.2, 0) is 4.74 Å². The number of carboxylic acids is 1. The van der Waals surface area contributed by atoms with Crippen molar-refractivity contribution in [1.29, 1.82) is 0 Å². The van der Waals surface area contributed by atoms with Crippen molar-refractivity contribution >= 4 is 23.0 Å². The highest BCUT2D eigenvalue weighted by molar-refractivity contribution is 5.91. The zero-order valence-electron chi connectivity index (χ0n) is 14.4. The quantitative estimate of drug-likeness (QED) is 0.877. The van der Waals surface area contributed by atoms with Crippen LogP contribution >= 0.6 is 0 Å². The predicted molar refractivity (Wildman–Crippen MR) is 90.0 cm³/mol. The van der Waals surface area contributed by atoms with Gasteiger partial charge in [0.15, 0.2) is 0 Å². The fraction of sp³-hybridized carbons (Fsp3) is 0.444. The summed E-state index contributed by atoms with van der Waals surface area (Å²) in [6, 6.07) is 6.69. The number of nitrogens with one attached hydrogen (secondary N) is 1. The predicted octanol–water partition coefficient (Wildman–Crippen LogP) is 3.57. The molecule has 7 nitrogen and oxygen atoms in total. The molecular formula is C18H21NO6. The number of furan rings is 1. The minimum Gasteiger partial charge on any atom is -0.490 e. The molecule has 0 unspecified atom stereocenters. The molecular weight excluding hydrogens is 326 g/mol. The number of fused-ring (bicyclic) bond motifs is 1. The fourth-order valence-corrected chi connectivity index (χ4v) is 2.65. The van der Waals surface area contributed by atoms with Crippen LogP contribution in [0.15, 0.2) is 28.7 Å². The molecule has 0 saturated heterocycles. The van der Waals surface area contributed by atoms with Crippen molar-refractivity contribution < 1.29 is 28.6 Å². The second kappa shape index (κ2) is 6.31. The minimum atomic E-state index is -1.10. The molecule has 1 saturated carbocycles. The Morgan fingerprint density at radius 1 is 1.24 bits per heavy atom. The lowest BCUT2D eigenvalue weighted by Crippen LogP contribution is -2.50. The largest absolute Gasteiger partial charge is 0.490 e. The van der Waals surface area contributed by atoms with E-state index in [2.05, 4.69) is 5.32 Å². The van der Waals surface area contributed by atoms with Crippen molar-refractivity contribution in [3.05, 3.63) is 30.0 Å². The van der Waals surface area contributed by atoms with Crippen molar-refractivity contribution in [3.63, 3.8) is 0 Å². The SMILES string of the molecule is CC(C)(C)OC(=O)NC1CC(Oc2ccc3oc(C(=O)O)cc3c2)C1. The maximum Gasteiger partial charge on any atom is 0.407 e. The van der Waals surface area contributed by atoms with Crippen LogP contribution in [0.25, 0.3) is 11.0 Å². The van der Waals surface area contributed by atoms with Crippen LogP contribution in [0.4, 0.5) is 4.79 Å². The number of benzene rings is 1. The first-order valence-corrected chi connectivity index (χ1v) is 8.13. The van der Waals surface area contributed by atoms with Crippen LogP contribution < -0.4 is 10.1 Å². The average Bonchev–Trinajstić information content (AvgIpc) is 2.86. The number of aromatic carboxylic acids is 1. The maximum atomic E-state index is 11.7. The van der Waals surface area contributed by atoms with E-state index in [1.165, 1.54) is 6.07 Å². The van der Waals surface area contributed by atoms with Gasteiger partial charge in [-0.2, -0.15) is 0 Å². The standard InChI is InChI=1S/C18H21NO6/c1-18(2,3)25-17(22)19-11-8-13(9-11)23-12-4-5-14-10(6-12)7-15(24-14)16(20)21/h4-7,11,13H,8-9H2,1-3H3,(H,19,22)(H,20,21). The molecule has 3 rings (SSSR count). The molecule has 0 spiro atoms. The molecule has 0 aliphatic heterocycles. The van der Waals surface area contributed by atoms with E-state index in [0.29, 0.717) is 29.6 Å². The summed E-state index contributed by atoms with van der Waals surface area (Å²) in [6.07, 6.45) is 0.978. The molecule has 1 fully saturated rings. The summed E-state index contributed by atoms with van der Waals surface area (Å²) < 4.78 is 16.3. The van der Waals surface area contributed by atoms with Crippen LogP contribution in [0.5, 0.6) is 5.75 Å². The van der Waals surface area contributed by atoms with E-state index in [1.807, 2.05) is 20.8 Å². The zero-order valence-corrected chi connectivity index (χ0v) is 14.4. The summed E-state index contributed by atoms with van der Waals surface area (Å²) in [5.74, 6) is -0.558. The van der Waals surface area contributed by atoms with Gasteiger partial charge in [0.2, 0.25) is 5.76 Å². The number of hydrogen-bond donors (Lipinski definition) is 2. The first kappa shape index (κ1) is 17.1. The van der Waals surface area contributed by atoms with E-state index >= 15 is 0 Å². The highest BCUT2D eigenvalue weighted by Gasteiger charge is 2.33. The third-order valence-corrected chi connectivity index (χ3v) is 3.82. The third-order valence-electron chi connectivity index (χ3n) is 3.82. The van der Waals surface area contributed by atoms with Gasteiger partial charge in [-0.3, -0.25) is 0 Å². The number of rotatable bonds is 4. The highest BCUT2D eigenvalue weighted by Crippen LogP contribution is 2.29. The van der Waals surface area contributed by atoms with Crippen LogP contribution in [0.2, 0.25) is 0 Å². The molecule has 25 heavy (non-hydrogen) atoms. The summed E-state index contributed by atoms with van der Waals surface area (Å²) in [5, 5.41) is 12.4. The number of carbonyl (C=O) groups excluding carboxylic acids is 1. The molecule has 134 valence electrons.